The van der Waals surface area contributed by atoms with Gasteiger partial charge in [0.25, 0.3) is 0 Å². The van der Waals surface area contributed by atoms with E-state index in [4.69, 9.17) is 4.98 Å². The summed E-state index contributed by atoms with van der Waals surface area (Å²) in [4.78, 5) is 9.65. The van der Waals surface area contributed by atoms with Crippen molar-refractivity contribution < 1.29 is 0 Å². The topological polar surface area (TPSA) is 35.6 Å². The molecule has 220 valence electrons. The lowest BCUT2D eigenvalue weighted by Gasteiger charge is -2.41. The van der Waals surface area contributed by atoms with E-state index in [-0.39, 0.29) is 0 Å². The third-order valence-electron chi connectivity index (χ3n) is 9.90. The number of aromatic nitrogens is 4. The lowest BCUT2D eigenvalue weighted by atomic mass is 9.63. The van der Waals surface area contributed by atoms with Gasteiger partial charge in [0.2, 0.25) is 0 Å². The van der Waals surface area contributed by atoms with Crippen molar-refractivity contribution in [2.24, 2.45) is 0 Å². The molecule has 0 spiro atoms. The fourth-order valence-electron chi connectivity index (χ4n) is 8.03. The molecule has 0 atom stereocenters. The van der Waals surface area contributed by atoms with Gasteiger partial charge in [0, 0.05) is 34.4 Å². The minimum absolute atomic E-state index is 0.567. The number of nitrogens with zero attached hydrogens (tertiary/aromatic N) is 4. The molecule has 6 aromatic carbocycles. The molecular formula is C43H28N4. The van der Waals surface area contributed by atoms with Crippen molar-refractivity contribution in [2.75, 3.05) is 0 Å². The molecule has 0 aliphatic carbocycles. The first kappa shape index (κ1) is 26.0. The minimum Gasteiger partial charge on any atom is -0.309 e. The molecule has 0 amide bonds. The van der Waals surface area contributed by atoms with Gasteiger partial charge in [0.05, 0.1) is 33.2 Å². The maximum absolute atomic E-state index is 5.33. The summed E-state index contributed by atoms with van der Waals surface area (Å²) in [5.41, 5.74) is 12.0. The van der Waals surface area contributed by atoms with Crippen LogP contribution in [0.1, 0.15) is 22.3 Å². The summed E-state index contributed by atoms with van der Waals surface area (Å²) in [5.74, 6) is 0.908. The van der Waals surface area contributed by atoms with Crippen molar-refractivity contribution in [3.63, 3.8) is 0 Å². The fraction of sp³-hybridized carbons (Fsp3) is 0.0233. The van der Waals surface area contributed by atoms with Gasteiger partial charge in [-0.05, 0) is 64.7 Å². The molecule has 10 rings (SSSR count). The molecular weight excluding hydrogens is 573 g/mol. The quantitative estimate of drug-likeness (QED) is 0.202. The van der Waals surface area contributed by atoms with Gasteiger partial charge in [-0.1, -0.05) is 115 Å². The maximum Gasteiger partial charge on any atom is 0.145 e. The molecule has 0 saturated carbocycles. The van der Waals surface area contributed by atoms with E-state index in [1.165, 1.54) is 44.1 Å². The SMILES string of the molecule is c1ccc(C2(c3ccccc3)c3ccc(-n4c5ccccc5c5ccccc54)cc3-n3c(-c4ccncc4)nc4cccc2c43)cc1. The van der Waals surface area contributed by atoms with Crippen LogP contribution in [0, 0.1) is 0 Å². The molecule has 0 fully saturated rings. The molecule has 0 unspecified atom stereocenters. The zero-order chi connectivity index (χ0) is 31.0. The molecule has 4 heterocycles. The highest BCUT2D eigenvalue weighted by Crippen LogP contribution is 2.53. The molecule has 4 heteroatoms. The van der Waals surface area contributed by atoms with Crippen LogP contribution in [0.4, 0.5) is 0 Å². The van der Waals surface area contributed by atoms with Gasteiger partial charge >= 0.3 is 0 Å². The van der Waals surface area contributed by atoms with Crippen LogP contribution < -0.4 is 0 Å². The number of hydrogen-bond donors (Lipinski definition) is 0. The molecule has 47 heavy (non-hydrogen) atoms. The molecule has 0 radical (unpaired) electrons. The van der Waals surface area contributed by atoms with Gasteiger partial charge < -0.3 is 4.57 Å². The van der Waals surface area contributed by atoms with Gasteiger partial charge in [-0.15, -0.1) is 0 Å². The highest BCUT2D eigenvalue weighted by atomic mass is 15.1. The Morgan fingerprint density at radius 3 is 1.77 bits per heavy atom. The van der Waals surface area contributed by atoms with Crippen LogP contribution in [0.15, 0.2) is 170 Å². The summed E-state index contributed by atoms with van der Waals surface area (Å²) in [6.07, 6.45) is 3.69. The van der Waals surface area contributed by atoms with Gasteiger partial charge in [-0.25, -0.2) is 4.98 Å². The monoisotopic (exact) mass is 600 g/mol. The predicted octanol–water partition coefficient (Wildman–Crippen LogP) is 9.88. The molecule has 0 bridgehead atoms. The molecule has 0 saturated heterocycles. The van der Waals surface area contributed by atoms with Crippen LogP contribution in [-0.2, 0) is 5.41 Å². The standard InChI is InChI=1S/C43H28N4/c1-3-12-30(13-4-1)43(31-14-5-2-6-15-31)35-23-22-32(46-38-20-9-7-16-33(38)34-17-8-10-21-39(34)46)28-40(35)47-41-36(43)18-11-19-37(41)45-42(47)29-24-26-44-27-25-29/h1-28H. The largest absolute Gasteiger partial charge is 0.309 e. The lowest BCUT2D eigenvalue weighted by molar-refractivity contribution is 0.725. The number of imidazole rings is 1. The van der Waals surface area contributed by atoms with E-state index in [0.29, 0.717) is 0 Å². The fourth-order valence-corrected chi connectivity index (χ4v) is 8.03. The van der Waals surface area contributed by atoms with E-state index in [1.807, 2.05) is 12.4 Å². The number of fused-ring (bicyclic) bond motifs is 5. The Kier molecular flexibility index (Phi) is 5.46. The second-order valence-electron chi connectivity index (χ2n) is 12.2. The zero-order valence-electron chi connectivity index (χ0n) is 25.5. The van der Waals surface area contributed by atoms with Gasteiger partial charge in [0.1, 0.15) is 5.82 Å². The first-order valence-electron chi connectivity index (χ1n) is 16.0. The summed E-state index contributed by atoms with van der Waals surface area (Å²) in [6.45, 7) is 0. The Morgan fingerprint density at radius 1 is 0.489 bits per heavy atom. The van der Waals surface area contributed by atoms with Crippen molar-refractivity contribution in [2.45, 2.75) is 5.41 Å². The van der Waals surface area contributed by atoms with Crippen molar-refractivity contribution >= 4 is 32.8 Å². The molecule has 0 N–H and O–H groups in total. The molecule has 4 nitrogen and oxygen atoms in total. The van der Waals surface area contributed by atoms with Crippen molar-refractivity contribution in [3.05, 3.63) is 192 Å². The van der Waals surface area contributed by atoms with E-state index < -0.39 is 5.41 Å². The van der Waals surface area contributed by atoms with Crippen molar-refractivity contribution in [1.29, 1.82) is 0 Å². The van der Waals surface area contributed by atoms with Gasteiger partial charge in [-0.3, -0.25) is 9.55 Å². The Labute approximate surface area is 271 Å². The Hall–Kier alpha value is -6.26. The third kappa shape index (κ3) is 3.52. The summed E-state index contributed by atoms with van der Waals surface area (Å²) in [7, 11) is 0. The van der Waals surface area contributed by atoms with E-state index in [2.05, 4.69) is 172 Å². The van der Waals surface area contributed by atoms with Crippen LogP contribution in [0.2, 0.25) is 0 Å². The first-order valence-corrected chi connectivity index (χ1v) is 16.0. The Balaban J connectivity index is 1.39. The first-order chi connectivity index (χ1) is 23.3. The molecule has 1 aliphatic heterocycles. The highest BCUT2D eigenvalue weighted by Gasteiger charge is 2.45. The summed E-state index contributed by atoms with van der Waals surface area (Å²) < 4.78 is 4.79. The van der Waals surface area contributed by atoms with E-state index >= 15 is 0 Å². The van der Waals surface area contributed by atoms with Crippen LogP contribution in [0.25, 0.3) is 55.6 Å². The van der Waals surface area contributed by atoms with Gasteiger partial charge in [0.15, 0.2) is 0 Å². The molecule has 9 aromatic rings. The van der Waals surface area contributed by atoms with Crippen LogP contribution in [0.3, 0.4) is 0 Å². The van der Waals surface area contributed by atoms with E-state index in [1.54, 1.807) is 0 Å². The second kappa shape index (κ2) is 9.87. The molecule has 3 aromatic heterocycles. The van der Waals surface area contributed by atoms with Crippen LogP contribution in [-0.4, -0.2) is 19.1 Å². The number of hydrogen-bond acceptors (Lipinski definition) is 2. The maximum atomic E-state index is 5.33. The average molecular weight is 601 g/mol. The highest BCUT2D eigenvalue weighted by molar-refractivity contribution is 6.09. The minimum atomic E-state index is -0.567. The zero-order valence-corrected chi connectivity index (χ0v) is 25.5. The number of para-hydroxylation sites is 3. The van der Waals surface area contributed by atoms with Gasteiger partial charge in [-0.2, -0.15) is 0 Å². The second-order valence-corrected chi connectivity index (χ2v) is 12.2. The number of rotatable bonds is 4. The summed E-state index contributed by atoms with van der Waals surface area (Å²) >= 11 is 0. The lowest BCUT2D eigenvalue weighted by Crippen LogP contribution is -2.35. The predicted molar refractivity (Wildman–Crippen MR) is 191 cm³/mol. The normalized spacial score (nSPS) is 13.3. The van der Waals surface area contributed by atoms with E-state index in [0.717, 1.165) is 33.8 Å². The van der Waals surface area contributed by atoms with Crippen molar-refractivity contribution in [1.82, 2.24) is 19.1 Å². The third-order valence-corrected chi connectivity index (χ3v) is 9.90. The number of benzene rings is 6. The average Bonchev–Trinajstić information content (AvgIpc) is 3.71. The Bertz CT molecular complexity index is 2520. The number of pyridine rings is 1. The smallest absolute Gasteiger partial charge is 0.145 e. The summed E-state index contributed by atoms with van der Waals surface area (Å²) in [6, 6.07) is 57.0. The van der Waals surface area contributed by atoms with Crippen LogP contribution >= 0.6 is 0 Å². The van der Waals surface area contributed by atoms with E-state index in [9.17, 15) is 0 Å². The molecule has 1 aliphatic rings. The Morgan fingerprint density at radius 2 is 1.11 bits per heavy atom. The summed E-state index contributed by atoms with van der Waals surface area (Å²) in [5, 5.41) is 2.49. The van der Waals surface area contributed by atoms with Crippen LogP contribution in [0.5, 0.6) is 0 Å². The van der Waals surface area contributed by atoms with Crippen molar-refractivity contribution in [3.8, 4) is 22.8 Å².